The molecule has 2 fully saturated rings. The molecule has 2 saturated heterocycles. The third kappa shape index (κ3) is 8.34. The molecule has 1 unspecified atom stereocenters. The van der Waals surface area contributed by atoms with E-state index in [4.69, 9.17) is 14.0 Å². The van der Waals surface area contributed by atoms with Gasteiger partial charge in [-0.05, 0) is 78.8 Å². The SMILES string of the molecule is O=C(COC1(CCc2ccc([C@@H]3[C@@H](CCC(O)c4ccc(F)cc4)C(=O)N3c3ccc(F)cc3)cc2)COC1)NCCS(=O)(=O)O. The van der Waals surface area contributed by atoms with E-state index in [9.17, 15) is 31.9 Å². The molecule has 5 rings (SSSR count). The maximum atomic E-state index is 13.6. The average Bonchev–Trinajstić information content (AvgIpc) is 3.00. The Bertz CT molecular complexity index is 1610. The molecule has 0 radical (unpaired) electrons. The molecule has 0 aliphatic carbocycles. The number of aliphatic hydroxyl groups excluding tert-OH is 1. The second-order valence-corrected chi connectivity index (χ2v) is 13.3. The first-order valence-electron chi connectivity index (χ1n) is 15.0. The molecule has 3 atom stereocenters. The van der Waals surface area contributed by atoms with Crippen molar-refractivity contribution in [2.75, 3.05) is 37.0 Å². The van der Waals surface area contributed by atoms with Gasteiger partial charge in [0.05, 0.1) is 37.0 Å². The number of hydrogen-bond donors (Lipinski definition) is 3. The summed E-state index contributed by atoms with van der Waals surface area (Å²) in [6, 6.07) is 18.8. The highest BCUT2D eigenvalue weighted by molar-refractivity contribution is 7.85. The summed E-state index contributed by atoms with van der Waals surface area (Å²) in [5, 5.41) is 13.1. The zero-order valence-corrected chi connectivity index (χ0v) is 25.8. The minimum absolute atomic E-state index is 0.127. The number of carbonyl (C=O) groups is 2. The van der Waals surface area contributed by atoms with Gasteiger partial charge in [0.25, 0.3) is 10.1 Å². The smallest absolute Gasteiger partial charge is 0.266 e. The first-order valence-corrected chi connectivity index (χ1v) is 16.6. The first kappa shape index (κ1) is 33.6. The van der Waals surface area contributed by atoms with E-state index < -0.39 is 51.0 Å². The second-order valence-electron chi connectivity index (χ2n) is 11.7. The number of rotatable bonds is 15. The Kier molecular flexibility index (Phi) is 10.5. The number of benzene rings is 3. The number of aryl methyl sites for hydroxylation is 1. The van der Waals surface area contributed by atoms with Crippen molar-refractivity contribution in [1.82, 2.24) is 5.32 Å². The van der Waals surface area contributed by atoms with Crippen molar-refractivity contribution in [3.05, 3.63) is 101 Å². The summed E-state index contributed by atoms with van der Waals surface area (Å²) in [5.41, 5.74) is 2.37. The number of halogens is 2. The van der Waals surface area contributed by atoms with Crippen LogP contribution in [0.2, 0.25) is 0 Å². The fourth-order valence-electron chi connectivity index (χ4n) is 5.76. The minimum atomic E-state index is -4.17. The number of nitrogens with one attached hydrogen (secondary N) is 1. The number of carbonyl (C=O) groups excluding carboxylic acids is 2. The number of anilines is 1. The molecular weight excluding hydrogens is 622 g/mol. The van der Waals surface area contributed by atoms with Crippen LogP contribution in [0.25, 0.3) is 0 Å². The lowest BCUT2D eigenvalue weighted by Crippen LogP contribution is -2.55. The number of nitrogens with zero attached hydrogens (tertiary/aromatic N) is 1. The highest BCUT2D eigenvalue weighted by Gasteiger charge is 2.48. The molecule has 2 aliphatic heterocycles. The van der Waals surface area contributed by atoms with Crippen LogP contribution >= 0.6 is 0 Å². The third-order valence-corrected chi connectivity index (χ3v) is 9.16. The molecule has 2 aliphatic rings. The standard InChI is InChI=1S/C33H36F2N2O8S/c34-25-7-5-23(6-8-25)29(38)14-13-28-31(37(32(28)40)27-11-9-26(35)10-12-27)24-3-1-22(2-4-24)15-16-33(20-44-21-33)45-19-30(39)36-17-18-46(41,42)43/h1-12,28-29,31,38H,13-21H2,(H,36,39)(H,41,42,43)/t28-,29?,31-/m1/s1. The zero-order valence-electron chi connectivity index (χ0n) is 25.0. The summed E-state index contributed by atoms with van der Waals surface area (Å²) < 4.78 is 68.6. The largest absolute Gasteiger partial charge is 0.388 e. The lowest BCUT2D eigenvalue weighted by Gasteiger charge is -2.48. The Morgan fingerprint density at radius 1 is 1.02 bits per heavy atom. The van der Waals surface area contributed by atoms with E-state index in [0.29, 0.717) is 50.1 Å². The van der Waals surface area contributed by atoms with Gasteiger partial charge in [-0.1, -0.05) is 36.4 Å². The quantitative estimate of drug-likeness (QED) is 0.165. The van der Waals surface area contributed by atoms with Crippen LogP contribution in [0.3, 0.4) is 0 Å². The molecule has 2 heterocycles. The highest BCUT2D eigenvalue weighted by atomic mass is 32.2. The summed E-state index contributed by atoms with van der Waals surface area (Å²) >= 11 is 0. The first-order chi connectivity index (χ1) is 21.9. The Morgan fingerprint density at radius 3 is 2.24 bits per heavy atom. The van der Waals surface area contributed by atoms with Gasteiger partial charge >= 0.3 is 0 Å². The van der Waals surface area contributed by atoms with Crippen LogP contribution in [-0.4, -0.2) is 67.6 Å². The Morgan fingerprint density at radius 2 is 1.65 bits per heavy atom. The fourth-order valence-corrected chi connectivity index (χ4v) is 6.12. The molecule has 0 bridgehead atoms. The third-order valence-electron chi connectivity index (χ3n) is 8.44. The molecule has 3 N–H and O–H groups in total. The van der Waals surface area contributed by atoms with Crippen molar-refractivity contribution >= 4 is 27.6 Å². The molecule has 0 spiro atoms. The van der Waals surface area contributed by atoms with Crippen LogP contribution in [0.4, 0.5) is 14.5 Å². The number of aliphatic hydroxyl groups is 1. The van der Waals surface area contributed by atoms with E-state index in [1.807, 2.05) is 24.3 Å². The molecule has 10 nitrogen and oxygen atoms in total. The maximum Gasteiger partial charge on any atom is 0.266 e. The van der Waals surface area contributed by atoms with Crippen molar-refractivity contribution < 1.29 is 45.9 Å². The Hall–Kier alpha value is -3.75. The van der Waals surface area contributed by atoms with Gasteiger partial charge in [-0.2, -0.15) is 8.42 Å². The molecule has 2 amide bonds. The van der Waals surface area contributed by atoms with Gasteiger partial charge in [0.15, 0.2) is 0 Å². The number of β-lactam (4-membered cyclic amide) rings is 1. The summed E-state index contributed by atoms with van der Waals surface area (Å²) in [6.45, 7) is 0.120. The van der Waals surface area contributed by atoms with Crippen molar-refractivity contribution in [3.63, 3.8) is 0 Å². The van der Waals surface area contributed by atoms with Crippen molar-refractivity contribution in [3.8, 4) is 0 Å². The van der Waals surface area contributed by atoms with E-state index in [2.05, 4.69) is 5.32 Å². The molecule has 0 aromatic heterocycles. The molecule has 3 aromatic rings. The summed E-state index contributed by atoms with van der Waals surface area (Å²) in [6.07, 6.45) is 1.02. The van der Waals surface area contributed by atoms with Crippen LogP contribution in [0.1, 0.15) is 48.1 Å². The van der Waals surface area contributed by atoms with Gasteiger partial charge in [-0.3, -0.25) is 14.1 Å². The molecule has 0 saturated carbocycles. The Balaban J connectivity index is 1.21. The highest BCUT2D eigenvalue weighted by Crippen LogP contribution is 2.46. The summed E-state index contributed by atoms with van der Waals surface area (Å²) in [4.78, 5) is 27.1. The molecular formula is C33H36F2N2O8S. The van der Waals surface area contributed by atoms with Crippen LogP contribution in [0, 0.1) is 17.6 Å². The molecule has 246 valence electrons. The van der Waals surface area contributed by atoms with E-state index in [1.165, 1.54) is 36.4 Å². The van der Waals surface area contributed by atoms with Gasteiger partial charge in [0.1, 0.15) is 23.8 Å². The minimum Gasteiger partial charge on any atom is -0.388 e. The normalized spacial score (nSPS) is 19.7. The van der Waals surface area contributed by atoms with Gasteiger partial charge < -0.3 is 24.8 Å². The van der Waals surface area contributed by atoms with Gasteiger partial charge in [-0.15, -0.1) is 0 Å². The van der Waals surface area contributed by atoms with Gasteiger partial charge in [-0.25, -0.2) is 8.78 Å². The molecule has 3 aromatic carbocycles. The van der Waals surface area contributed by atoms with E-state index in [1.54, 1.807) is 17.0 Å². The van der Waals surface area contributed by atoms with Crippen molar-refractivity contribution in [2.24, 2.45) is 5.92 Å². The second kappa shape index (κ2) is 14.3. The van der Waals surface area contributed by atoms with Crippen molar-refractivity contribution in [1.29, 1.82) is 0 Å². The number of ether oxygens (including phenoxy) is 2. The average molecular weight is 659 g/mol. The monoisotopic (exact) mass is 658 g/mol. The lowest BCUT2D eigenvalue weighted by atomic mass is 9.78. The molecule has 13 heteroatoms. The van der Waals surface area contributed by atoms with E-state index in [0.717, 1.165) is 11.1 Å². The lowest BCUT2D eigenvalue weighted by molar-refractivity contribution is -0.212. The van der Waals surface area contributed by atoms with Crippen LogP contribution in [0.15, 0.2) is 72.8 Å². The van der Waals surface area contributed by atoms with Crippen molar-refractivity contribution in [2.45, 2.75) is 43.4 Å². The Labute approximate surface area is 266 Å². The maximum absolute atomic E-state index is 13.6. The van der Waals surface area contributed by atoms with Gasteiger partial charge in [0, 0.05) is 12.2 Å². The van der Waals surface area contributed by atoms with Crippen LogP contribution in [0.5, 0.6) is 0 Å². The van der Waals surface area contributed by atoms with Gasteiger partial charge in [0.2, 0.25) is 11.8 Å². The van der Waals surface area contributed by atoms with Crippen LogP contribution in [-0.2, 0) is 35.6 Å². The summed E-state index contributed by atoms with van der Waals surface area (Å²) in [5.74, 6) is -2.44. The predicted molar refractivity (Wildman–Crippen MR) is 164 cm³/mol. The number of hydrogen-bond acceptors (Lipinski definition) is 7. The number of amides is 2. The topological polar surface area (TPSA) is 142 Å². The van der Waals surface area contributed by atoms with Crippen LogP contribution < -0.4 is 10.2 Å². The fraction of sp³-hybridized carbons (Fsp3) is 0.394. The predicted octanol–water partition coefficient (Wildman–Crippen LogP) is 3.90. The zero-order chi connectivity index (χ0) is 32.9. The molecule has 46 heavy (non-hydrogen) atoms. The van der Waals surface area contributed by atoms with E-state index in [-0.39, 0.29) is 25.1 Å². The summed E-state index contributed by atoms with van der Waals surface area (Å²) in [7, 11) is -4.17. The van der Waals surface area contributed by atoms with E-state index >= 15 is 0 Å².